The van der Waals surface area contributed by atoms with Gasteiger partial charge in [-0.15, -0.1) is 0 Å². The van der Waals surface area contributed by atoms with E-state index in [0.29, 0.717) is 24.2 Å². The molecule has 0 aromatic rings. The normalized spacial score (nSPS) is 23.8. The number of carbonyl (C=O) groups is 2. The molecule has 3 aliphatic carbocycles. The van der Waals surface area contributed by atoms with Gasteiger partial charge < -0.3 is 5.32 Å². The largest absolute Gasteiger partial charge is 0.352 e. The fourth-order valence-corrected chi connectivity index (χ4v) is 2.91. The van der Waals surface area contributed by atoms with Crippen LogP contribution >= 0.6 is 0 Å². The minimum Gasteiger partial charge on any atom is -0.352 e. The third-order valence-corrected chi connectivity index (χ3v) is 4.53. The standard InChI is InChI=1S/C15H20N2O2/c16-8-13(15(19)17-11-5-6-11)14(18)7-12(9-1-2-9)10-3-4-10/h9-13H,1-7H2,(H,17,19). The van der Waals surface area contributed by atoms with Gasteiger partial charge in [0.1, 0.15) is 0 Å². The summed E-state index contributed by atoms with van der Waals surface area (Å²) in [4.78, 5) is 24.1. The second-order valence-corrected chi connectivity index (χ2v) is 6.35. The molecule has 0 aromatic heterocycles. The van der Waals surface area contributed by atoms with Gasteiger partial charge in [-0.2, -0.15) is 5.26 Å². The number of nitrogens with zero attached hydrogens (tertiary/aromatic N) is 1. The van der Waals surface area contributed by atoms with Gasteiger partial charge in [0.05, 0.1) is 6.07 Å². The molecule has 0 bridgehead atoms. The Morgan fingerprint density at radius 2 is 1.68 bits per heavy atom. The van der Waals surface area contributed by atoms with Crippen molar-refractivity contribution in [2.45, 2.75) is 51.0 Å². The first kappa shape index (κ1) is 12.7. The number of amides is 1. The van der Waals surface area contributed by atoms with Crippen LogP contribution < -0.4 is 5.32 Å². The summed E-state index contributed by atoms with van der Waals surface area (Å²) in [5, 5.41) is 11.9. The SMILES string of the molecule is N#CC(C(=O)CC(C1CC1)C1CC1)C(=O)NC1CC1. The molecule has 3 aliphatic rings. The molecule has 102 valence electrons. The molecule has 0 heterocycles. The summed E-state index contributed by atoms with van der Waals surface area (Å²) in [5.41, 5.74) is 0. The Morgan fingerprint density at radius 3 is 2.11 bits per heavy atom. The van der Waals surface area contributed by atoms with Gasteiger partial charge in [-0.3, -0.25) is 9.59 Å². The quantitative estimate of drug-likeness (QED) is 0.710. The van der Waals surface area contributed by atoms with E-state index in [1.54, 1.807) is 0 Å². The van der Waals surface area contributed by atoms with Gasteiger partial charge in [0.25, 0.3) is 0 Å². The topological polar surface area (TPSA) is 70.0 Å². The van der Waals surface area contributed by atoms with Crippen LogP contribution in [-0.4, -0.2) is 17.7 Å². The van der Waals surface area contributed by atoms with Crippen LogP contribution in [0.1, 0.15) is 44.9 Å². The second-order valence-electron chi connectivity index (χ2n) is 6.35. The first-order valence-electron chi connectivity index (χ1n) is 7.41. The van der Waals surface area contributed by atoms with E-state index in [2.05, 4.69) is 5.32 Å². The van der Waals surface area contributed by atoms with Crippen LogP contribution in [0.2, 0.25) is 0 Å². The average Bonchev–Trinajstić information content (AvgIpc) is 3.25. The first-order valence-corrected chi connectivity index (χ1v) is 7.41. The molecule has 3 fully saturated rings. The van der Waals surface area contributed by atoms with E-state index in [4.69, 9.17) is 5.26 Å². The lowest BCUT2D eigenvalue weighted by molar-refractivity contribution is -0.132. The predicted molar refractivity (Wildman–Crippen MR) is 68.8 cm³/mol. The van der Waals surface area contributed by atoms with Crippen LogP contribution in [0.15, 0.2) is 0 Å². The monoisotopic (exact) mass is 260 g/mol. The molecule has 4 nitrogen and oxygen atoms in total. The Balaban J connectivity index is 1.56. The molecule has 1 unspecified atom stereocenters. The van der Waals surface area contributed by atoms with Crippen LogP contribution in [0.5, 0.6) is 0 Å². The van der Waals surface area contributed by atoms with Gasteiger partial charge in [0.2, 0.25) is 5.91 Å². The highest BCUT2D eigenvalue weighted by atomic mass is 16.2. The van der Waals surface area contributed by atoms with Gasteiger partial charge in [-0.1, -0.05) is 0 Å². The molecule has 0 aliphatic heterocycles. The van der Waals surface area contributed by atoms with Gasteiger partial charge >= 0.3 is 0 Å². The Morgan fingerprint density at radius 1 is 1.11 bits per heavy atom. The van der Waals surface area contributed by atoms with Crippen molar-refractivity contribution in [3.8, 4) is 6.07 Å². The summed E-state index contributed by atoms with van der Waals surface area (Å²) in [5.74, 6) is 0.187. The molecular weight excluding hydrogens is 240 g/mol. The molecule has 0 radical (unpaired) electrons. The Hall–Kier alpha value is -1.37. The number of ketones is 1. The van der Waals surface area contributed by atoms with Crippen molar-refractivity contribution >= 4 is 11.7 Å². The van der Waals surface area contributed by atoms with Crippen LogP contribution in [0, 0.1) is 35.0 Å². The predicted octanol–water partition coefficient (Wildman–Crippen LogP) is 1.80. The van der Waals surface area contributed by atoms with Gasteiger partial charge in [-0.25, -0.2) is 0 Å². The van der Waals surface area contributed by atoms with Gasteiger partial charge in [-0.05, 0) is 56.3 Å². The number of Topliss-reactive ketones (excluding diaryl/α,β-unsaturated/α-hetero) is 1. The second kappa shape index (κ2) is 4.96. The molecule has 0 aromatic carbocycles. The van der Waals surface area contributed by atoms with Crippen molar-refractivity contribution in [2.24, 2.45) is 23.7 Å². The third kappa shape index (κ3) is 3.15. The van der Waals surface area contributed by atoms with Crippen LogP contribution in [0.4, 0.5) is 0 Å². The number of nitriles is 1. The highest BCUT2D eigenvalue weighted by molar-refractivity contribution is 6.04. The molecular formula is C15H20N2O2. The summed E-state index contributed by atoms with van der Waals surface area (Å²) in [7, 11) is 0. The van der Waals surface area contributed by atoms with Crippen molar-refractivity contribution in [3.05, 3.63) is 0 Å². The number of hydrogen-bond acceptors (Lipinski definition) is 3. The lowest BCUT2D eigenvalue weighted by Gasteiger charge is -2.16. The van der Waals surface area contributed by atoms with Gasteiger partial charge in [0, 0.05) is 12.5 Å². The number of carbonyl (C=O) groups excluding carboxylic acids is 2. The van der Waals surface area contributed by atoms with Crippen LogP contribution in [0.3, 0.4) is 0 Å². The fourth-order valence-electron chi connectivity index (χ4n) is 2.91. The highest BCUT2D eigenvalue weighted by Gasteiger charge is 2.43. The lowest BCUT2D eigenvalue weighted by Crippen LogP contribution is -2.36. The molecule has 3 saturated carbocycles. The lowest BCUT2D eigenvalue weighted by atomic mass is 9.88. The van der Waals surface area contributed by atoms with Crippen molar-refractivity contribution in [1.82, 2.24) is 5.32 Å². The maximum atomic E-state index is 12.2. The van der Waals surface area contributed by atoms with E-state index >= 15 is 0 Å². The zero-order valence-corrected chi connectivity index (χ0v) is 11.1. The molecule has 4 heteroatoms. The van der Waals surface area contributed by atoms with Crippen LogP contribution in [0.25, 0.3) is 0 Å². The minimum absolute atomic E-state index is 0.163. The number of rotatable bonds is 7. The molecule has 1 atom stereocenters. The molecule has 19 heavy (non-hydrogen) atoms. The van der Waals surface area contributed by atoms with Crippen molar-refractivity contribution in [2.75, 3.05) is 0 Å². The van der Waals surface area contributed by atoms with E-state index < -0.39 is 5.92 Å². The van der Waals surface area contributed by atoms with E-state index in [-0.39, 0.29) is 17.7 Å². The van der Waals surface area contributed by atoms with E-state index in [1.165, 1.54) is 25.7 Å². The Bertz CT molecular complexity index is 416. The fraction of sp³-hybridized carbons (Fsp3) is 0.800. The summed E-state index contributed by atoms with van der Waals surface area (Å²) in [6, 6.07) is 2.10. The smallest absolute Gasteiger partial charge is 0.245 e. The minimum atomic E-state index is -1.08. The van der Waals surface area contributed by atoms with E-state index in [1.807, 2.05) is 6.07 Å². The summed E-state index contributed by atoms with van der Waals surface area (Å²) >= 11 is 0. The maximum Gasteiger partial charge on any atom is 0.245 e. The molecule has 0 saturated heterocycles. The maximum absolute atomic E-state index is 12.2. The highest BCUT2D eigenvalue weighted by Crippen LogP contribution is 2.50. The summed E-state index contributed by atoms with van der Waals surface area (Å²) in [6.45, 7) is 0. The third-order valence-electron chi connectivity index (χ3n) is 4.53. The average molecular weight is 260 g/mol. The summed E-state index contributed by atoms with van der Waals surface area (Å²) < 4.78 is 0. The zero-order valence-electron chi connectivity index (χ0n) is 11.1. The first-order chi connectivity index (χ1) is 9.19. The molecule has 0 spiro atoms. The van der Waals surface area contributed by atoms with Crippen molar-refractivity contribution in [3.63, 3.8) is 0 Å². The zero-order chi connectivity index (χ0) is 13.4. The van der Waals surface area contributed by atoms with E-state index in [9.17, 15) is 9.59 Å². The number of nitrogens with one attached hydrogen (secondary N) is 1. The van der Waals surface area contributed by atoms with Gasteiger partial charge in [0.15, 0.2) is 11.7 Å². The van der Waals surface area contributed by atoms with Crippen LogP contribution in [-0.2, 0) is 9.59 Å². The Labute approximate surface area is 113 Å². The molecule has 1 amide bonds. The summed E-state index contributed by atoms with van der Waals surface area (Å²) in [6.07, 6.45) is 7.28. The van der Waals surface area contributed by atoms with E-state index in [0.717, 1.165) is 12.8 Å². The number of hydrogen-bond donors (Lipinski definition) is 1. The van der Waals surface area contributed by atoms with Crippen molar-refractivity contribution in [1.29, 1.82) is 5.26 Å². The van der Waals surface area contributed by atoms with Crippen molar-refractivity contribution < 1.29 is 9.59 Å². The Kier molecular flexibility index (Phi) is 3.30. The molecule has 3 rings (SSSR count). The molecule has 1 N–H and O–H groups in total.